The first-order chi connectivity index (χ1) is 8.16. The molecule has 0 spiro atoms. The normalized spacial score (nSPS) is 18.8. The van der Waals surface area contributed by atoms with Gasteiger partial charge in [-0.2, -0.15) is 0 Å². The molecule has 0 atom stereocenters. The Morgan fingerprint density at radius 1 is 1.41 bits per heavy atom. The number of likely N-dealkylation sites (tertiary alicyclic amines) is 1. The molecule has 0 bridgehead atoms. The van der Waals surface area contributed by atoms with Gasteiger partial charge in [0, 0.05) is 25.0 Å². The second-order valence-electron chi connectivity index (χ2n) is 5.47. The van der Waals surface area contributed by atoms with Crippen LogP contribution in [0.3, 0.4) is 0 Å². The van der Waals surface area contributed by atoms with E-state index in [1.54, 1.807) is 0 Å². The summed E-state index contributed by atoms with van der Waals surface area (Å²) >= 11 is 0. The van der Waals surface area contributed by atoms with E-state index in [4.69, 9.17) is 0 Å². The summed E-state index contributed by atoms with van der Waals surface area (Å²) in [5, 5.41) is 3.44. The van der Waals surface area contributed by atoms with Crippen molar-refractivity contribution in [1.29, 1.82) is 0 Å². The standard InChI is InChI=1S/C13H24N4/c1-11(2)10-15-13-14-6-9-17(13)12-4-7-16(3)8-5-12/h6,9,11-12H,4-5,7-8,10H2,1-3H3,(H,14,15). The lowest BCUT2D eigenvalue weighted by Gasteiger charge is -2.30. The van der Waals surface area contributed by atoms with E-state index < -0.39 is 0 Å². The molecule has 2 rings (SSSR count). The van der Waals surface area contributed by atoms with Gasteiger partial charge in [-0.05, 0) is 38.9 Å². The van der Waals surface area contributed by atoms with Crippen LogP contribution in [-0.2, 0) is 0 Å². The molecule has 4 heteroatoms. The topological polar surface area (TPSA) is 33.1 Å². The lowest BCUT2D eigenvalue weighted by atomic mass is 10.1. The molecular weight excluding hydrogens is 212 g/mol. The first kappa shape index (κ1) is 12.4. The number of imidazole rings is 1. The average Bonchev–Trinajstić information content (AvgIpc) is 2.75. The number of anilines is 1. The van der Waals surface area contributed by atoms with Crippen LogP contribution >= 0.6 is 0 Å². The van der Waals surface area contributed by atoms with E-state index in [0.29, 0.717) is 12.0 Å². The Morgan fingerprint density at radius 2 is 2.12 bits per heavy atom. The molecule has 17 heavy (non-hydrogen) atoms. The Balaban J connectivity index is 1.98. The Labute approximate surface area is 104 Å². The van der Waals surface area contributed by atoms with Gasteiger partial charge in [-0.15, -0.1) is 0 Å². The molecule has 0 aliphatic carbocycles. The molecule has 1 fully saturated rings. The summed E-state index contributed by atoms with van der Waals surface area (Å²) in [5.41, 5.74) is 0. The molecular formula is C13H24N4. The predicted octanol–water partition coefficient (Wildman–Crippen LogP) is 2.22. The van der Waals surface area contributed by atoms with Gasteiger partial charge in [-0.3, -0.25) is 0 Å². The third-order valence-electron chi connectivity index (χ3n) is 3.42. The number of aromatic nitrogens is 2. The summed E-state index contributed by atoms with van der Waals surface area (Å²) < 4.78 is 2.31. The second kappa shape index (κ2) is 5.54. The van der Waals surface area contributed by atoms with Gasteiger partial charge in [0.05, 0.1) is 0 Å². The van der Waals surface area contributed by atoms with Crippen LogP contribution in [0, 0.1) is 5.92 Å². The van der Waals surface area contributed by atoms with Crippen molar-refractivity contribution in [2.24, 2.45) is 5.92 Å². The number of rotatable bonds is 4. The van der Waals surface area contributed by atoms with Gasteiger partial charge in [0.2, 0.25) is 5.95 Å². The van der Waals surface area contributed by atoms with Gasteiger partial charge in [0.1, 0.15) is 0 Å². The van der Waals surface area contributed by atoms with E-state index in [1.807, 2.05) is 6.20 Å². The van der Waals surface area contributed by atoms with Crippen molar-refractivity contribution in [2.45, 2.75) is 32.7 Å². The van der Waals surface area contributed by atoms with E-state index in [9.17, 15) is 0 Å². The third kappa shape index (κ3) is 3.22. The molecule has 0 unspecified atom stereocenters. The number of nitrogens with one attached hydrogen (secondary N) is 1. The zero-order valence-electron chi connectivity index (χ0n) is 11.2. The van der Waals surface area contributed by atoms with Crippen molar-refractivity contribution in [3.63, 3.8) is 0 Å². The van der Waals surface area contributed by atoms with Gasteiger partial charge in [-0.25, -0.2) is 4.98 Å². The summed E-state index contributed by atoms with van der Waals surface area (Å²) in [6.07, 6.45) is 6.46. The van der Waals surface area contributed by atoms with Crippen LogP contribution in [0.4, 0.5) is 5.95 Å². The highest BCUT2D eigenvalue weighted by Gasteiger charge is 2.19. The summed E-state index contributed by atoms with van der Waals surface area (Å²) in [5.74, 6) is 1.69. The van der Waals surface area contributed by atoms with E-state index in [1.165, 1.54) is 25.9 Å². The van der Waals surface area contributed by atoms with Gasteiger partial charge in [0.25, 0.3) is 0 Å². The highest BCUT2D eigenvalue weighted by Crippen LogP contribution is 2.24. The van der Waals surface area contributed by atoms with Gasteiger partial charge in [0.15, 0.2) is 0 Å². The maximum absolute atomic E-state index is 4.42. The van der Waals surface area contributed by atoms with Crippen LogP contribution in [0.15, 0.2) is 12.4 Å². The fourth-order valence-electron chi connectivity index (χ4n) is 2.31. The lowest BCUT2D eigenvalue weighted by molar-refractivity contribution is 0.222. The van der Waals surface area contributed by atoms with E-state index in [2.05, 4.69) is 46.9 Å². The Morgan fingerprint density at radius 3 is 2.76 bits per heavy atom. The van der Waals surface area contributed by atoms with Gasteiger partial charge in [-0.1, -0.05) is 13.8 Å². The van der Waals surface area contributed by atoms with Crippen LogP contribution in [0.5, 0.6) is 0 Å². The molecule has 1 aromatic heterocycles. The molecule has 4 nitrogen and oxygen atoms in total. The second-order valence-corrected chi connectivity index (χ2v) is 5.47. The summed E-state index contributed by atoms with van der Waals surface area (Å²) in [6, 6.07) is 0.614. The maximum atomic E-state index is 4.42. The first-order valence-electron chi connectivity index (χ1n) is 6.62. The average molecular weight is 236 g/mol. The molecule has 1 aliphatic heterocycles. The van der Waals surface area contributed by atoms with E-state index in [0.717, 1.165) is 12.5 Å². The van der Waals surface area contributed by atoms with Crippen LogP contribution in [0.1, 0.15) is 32.7 Å². The maximum Gasteiger partial charge on any atom is 0.203 e. The Bertz CT molecular complexity index is 337. The van der Waals surface area contributed by atoms with Crippen molar-refractivity contribution in [3.05, 3.63) is 12.4 Å². The molecule has 0 aromatic carbocycles. The number of hydrogen-bond donors (Lipinski definition) is 1. The largest absolute Gasteiger partial charge is 0.355 e. The highest BCUT2D eigenvalue weighted by atomic mass is 15.2. The molecule has 1 N–H and O–H groups in total. The van der Waals surface area contributed by atoms with Gasteiger partial charge >= 0.3 is 0 Å². The quantitative estimate of drug-likeness (QED) is 0.870. The minimum atomic E-state index is 0.614. The smallest absolute Gasteiger partial charge is 0.203 e. The molecule has 2 heterocycles. The van der Waals surface area contributed by atoms with Crippen LogP contribution in [-0.4, -0.2) is 41.1 Å². The summed E-state index contributed by atoms with van der Waals surface area (Å²) in [4.78, 5) is 6.82. The van der Waals surface area contributed by atoms with Gasteiger partial charge < -0.3 is 14.8 Å². The molecule has 0 saturated carbocycles. The van der Waals surface area contributed by atoms with Crippen molar-refractivity contribution < 1.29 is 0 Å². The molecule has 0 amide bonds. The van der Waals surface area contributed by atoms with Crippen molar-refractivity contribution in [1.82, 2.24) is 14.5 Å². The predicted molar refractivity (Wildman–Crippen MR) is 71.3 cm³/mol. The molecule has 1 aromatic rings. The van der Waals surface area contributed by atoms with Crippen LogP contribution < -0.4 is 5.32 Å². The van der Waals surface area contributed by atoms with E-state index >= 15 is 0 Å². The Hall–Kier alpha value is -1.03. The van der Waals surface area contributed by atoms with Crippen LogP contribution in [0.2, 0.25) is 0 Å². The van der Waals surface area contributed by atoms with Crippen molar-refractivity contribution in [2.75, 3.05) is 32.0 Å². The molecule has 96 valence electrons. The minimum Gasteiger partial charge on any atom is -0.355 e. The highest BCUT2D eigenvalue weighted by molar-refractivity contribution is 5.26. The Kier molecular flexibility index (Phi) is 4.05. The summed E-state index contributed by atoms with van der Waals surface area (Å²) in [7, 11) is 2.20. The van der Waals surface area contributed by atoms with E-state index in [-0.39, 0.29) is 0 Å². The molecule has 0 radical (unpaired) electrons. The number of nitrogens with zero attached hydrogens (tertiary/aromatic N) is 3. The lowest BCUT2D eigenvalue weighted by Crippen LogP contribution is -2.31. The SMILES string of the molecule is CC(C)CNc1nccn1C1CCN(C)CC1. The summed E-state index contributed by atoms with van der Waals surface area (Å²) in [6.45, 7) is 7.80. The van der Waals surface area contributed by atoms with Crippen molar-refractivity contribution in [3.8, 4) is 0 Å². The van der Waals surface area contributed by atoms with Crippen LogP contribution in [0.25, 0.3) is 0 Å². The zero-order chi connectivity index (χ0) is 12.3. The molecule has 1 aliphatic rings. The fraction of sp³-hybridized carbons (Fsp3) is 0.769. The number of hydrogen-bond acceptors (Lipinski definition) is 3. The number of piperidine rings is 1. The first-order valence-corrected chi connectivity index (χ1v) is 6.62. The fourth-order valence-corrected chi connectivity index (χ4v) is 2.31. The van der Waals surface area contributed by atoms with Crippen molar-refractivity contribution >= 4 is 5.95 Å². The molecule has 1 saturated heterocycles. The zero-order valence-corrected chi connectivity index (χ0v) is 11.2. The third-order valence-corrected chi connectivity index (χ3v) is 3.42. The minimum absolute atomic E-state index is 0.614. The monoisotopic (exact) mass is 236 g/mol.